The van der Waals surface area contributed by atoms with E-state index in [1.165, 1.54) is 17.6 Å². The first-order valence-corrected chi connectivity index (χ1v) is 12.2. The van der Waals surface area contributed by atoms with Crippen LogP contribution in [-0.2, 0) is 6.54 Å². The van der Waals surface area contributed by atoms with Crippen molar-refractivity contribution < 1.29 is 18.7 Å². The number of hydrogen-bond donors (Lipinski definition) is 2. The highest BCUT2D eigenvalue weighted by atomic mass is 32.1. The number of ether oxygens (including phenoxy) is 2. The van der Waals surface area contributed by atoms with Crippen molar-refractivity contribution in [2.24, 2.45) is 0 Å². The second-order valence-electron chi connectivity index (χ2n) is 8.62. The highest BCUT2D eigenvalue weighted by Gasteiger charge is 2.29. The minimum atomic E-state index is -0.152. The summed E-state index contributed by atoms with van der Waals surface area (Å²) in [5.74, 6) is 1.91. The summed E-state index contributed by atoms with van der Waals surface area (Å²) in [6, 6.07) is 11.5. The van der Waals surface area contributed by atoms with Crippen molar-refractivity contribution in [1.29, 1.82) is 5.26 Å². The molecule has 5 heterocycles. The minimum Gasteiger partial charge on any atom is -0.464 e. The van der Waals surface area contributed by atoms with Gasteiger partial charge in [0.1, 0.15) is 32.9 Å². The van der Waals surface area contributed by atoms with Crippen molar-refractivity contribution >= 4 is 39.0 Å². The lowest BCUT2D eigenvalue weighted by molar-refractivity contribution is 0.0634. The molecule has 36 heavy (non-hydrogen) atoms. The van der Waals surface area contributed by atoms with E-state index in [2.05, 4.69) is 16.0 Å². The number of piperazine rings is 1. The summed E-state index contributed by atoms with van der Waals surface area (Å²) in [5.41, 5.74) is 14.6. The van der Waals surface area contributed by atoms with Crippen molar-refractivity contribution in [3.05, 3.63) is 52.6 Å². The Labute approximate surface area is 210 Å². The average Bonchev–Trinajstić information content (AvgIpc) is 3.64. The Balaban J connectivity index is 1.23. The van der Waals surface area contributed by atoms with Gasteiger partial charge in [-0.1, -0.05) is 6.07 Å². The number of amides is 1. The summed E-state index contributed by atoms with van der Waals surface area (Å²) in [6.07, 6.45) is 1.51. The van der Waals surface area contributed by atoms with Crippen LogP contribution in [0.3, 0.4) is 0 Å². The molecule has 1 fully saturated rings. The number of pyridine rings is 1. The molecule has 2 aliphatic heterocycles. The Morgan fingerprint density at radius 2 is 1.94 bits per heavy atom. The van der Waals surface area contributed by atoms with Gasteiger partial charge < -0.3 is 30.3 Å². The predicted octanol–water partition coefficient (Wildman–Crippen LogP) is 3.28. The second kappa shape index (κ2) is 8.75. The second-order valence-corrected chi connectivity index (χ2v) is 9.62. The summed E-state index contributed by atoms with van der Waals surface area (Å²) < 4.78 is 16.4. The van der Waals surface area contributed by atoms with E-state index in [9.17, 15) is 10.1 Å². The number of nitrogens with two attached hydrogens (primary N) is 2. The summed E-state index contributed by atoms with van der Waals surface area (Å²) in [4.78, 5) is 22.8. The zero-order valence-electron chi connectivity index (χ0n) is 19.2. The third-order valence-electron chi connectivity index (χ3n) is 6.48. The summed E-state index contributed by atoms with van der Waals surface area (Å²) >= 11 is 1.19. The van der Waals surface area contributed by atoms with Gasteiger partial charge in [-0.05, 0) is 29.8 Å². The molecule has 10 nitrogen and oxygen atoms in total. The van der Waals surface area contributed by atoms with E-state index in [-0.39, 0.29) is 29.8 Å². The molecule has 1 saturated heterocycles. The molecule has 2 aliphatic rings. The quantitative estimate of drug-likeness (QED) is 0.429. The number of hydrogen-bond acceptors (Lipinski definition) is 10. The normalized spacial score (nSPS) is 15.4. The standard InChI is InChI=1S/C25H22N6O4S/c26-11-15-19(17-2-1-9-33-17)20-21(27)22(36-24(20)29-23(15)28)25(32)31-7-5-30(6-8-31)12-14-3-4-16-18(10-14)35-13-34-16/h1-4,9-10H,5-8,12-13,27H2,(H2,28,29). The van der Waals surface area contributed by atoms with Crippen LogP contribution >= 0.6 is 11.3 Å². The maximum Gasteiger partial charge on any atom is 0.266 e. The number of aromatic nitrogens is 1. The fourth-order valence-corrected chi connectivity index (χ4v) is 5.74. The Morgan fingerprint density at radius 1 is 1.14 bits per heavy atom. The largest absolute Gasteiger partial charge is 0.464 e. The number of carbonyl (C=O) groups excluding carboxylic acids is 1. The molecule has 0 bridgehead atoms. The number of nitrogens with zero attached hydrogens (tertiary/aromatic N) is 4. The third-order valence-corrected chi connectivity index (χ3v) is 7.57. The van der Waals surface area contributed by atoms with Crippen molar-refractivity contribution in [2.75, 3.05) is 44.4 Å². The van der Waals surface area contributed by atoms with Crippen LogP contribution in [0, 0.1) is 11.3 Å². The fourth-order valence-electron chi connectivity index (χ4n) is 4.66. The van der Waals surface area contributed by atoms with Gasteiger partial charge in [0.25, 0.3) is 5.91 Å². The number of rotatable bonds is 4. The van der Waals surface area contributed by atoms with E-state index in [0.717, 1.165) is 36.7 Å². The molecular weight excluding hydrogens is 480 g/mol. The van der Waals surface area contributed by atoms with E-state index >= 15 is 0 Å². The van der Waals surface area contributed by atoms with Crippen molar-refractivity contribution in [3.63, 3.8) is 0 Å². The number of benzene rings is 1. The molecule has 0 spiro atoms. The molecule has 0 atom stereocenters. The molecule has 1 aromatic carbocycles. The number of fused-ring (bicyclic) bond motifs is 2. The molecule has 0 radical (unpaired) electrons. The molecular formula is C25H22N6O4S. The zero-order chi connectivity index (χ0) is 24.8. The molecule has 1 amide bonds. The monoisotopic (exact) mass is 502 g/mol. The minimum absolute atomic E-state index is 0.0776. The number of nitrogen functional groups attached to an aromatic ring is 2. The topological polar surface area (TPSA) is 144 Å². The van der Waals surface area contributed by atoms with Gasteiger partial charge in [-0.3, -0.25) is 9.69 Å². The number of nitriles is 1. The first kappa shape index (κ1) is 22.2. The Bertz CT molecular complexity index is 1520. The van der Waals surface area contributed by atoms with E-state index in [1.807, 2.05) is 18.2 Å². The fraction of sp³-hybridized carbons (Fsp3) is 0.240. The van der Waals surface area contributed by atoms with Crippen molar-refractivity contribution in [1.82, 2.24) is 14.8 Å². The van der Waals surface area contributed by atoms with Gasteiger partial charge in [0, 0.05) is 38.1 Å². The van der Waals surface area contributed by atoms with Crippen LogP contribution in [0.15, 0.2) is 41.0 Å². The van der Waals surface area contributed by atoms with Gasteiger partial charge in [0.05, 0.1) is 17.5 Å². The van der Waals surface area contributed by atoms with Gasteiger partial charge in [-0.25, -0.2) is 4.98 Å². The smallest absolute Gasteiger partial charge is 0.266 e. The van der Waals surface area contributed by atoms with E-state index in [1.54, 1.807) is 17.0 Å². The summed E-state index contributed by atoms with van der Waals surface area (Å²) in [7, 11) is 0. The molecule has 0 unspecified atom stereocenters. The lowest BCUT2D eigenvalue weighted by atomic mass is 10.0. The van der Waals surface area contributed by atoms with Crippen LogP contribution in [0.2, 0.25) is 0 Å². The molecule has 3 aromatic heterocycles. The van der Waals surface area contributed by atoms with Gasteiger partial charge >= 0.3 is 0 Å². The summed E-state index contributed by atoms with van der Waals surface area (Å²) in [5, 5.41) is 10.2. The third kappa shape index (κ3) is 3.67. The van der Waals surface area contributed by atoms with Crippen LogP contribution in [0.4, 0.5) is 11.5 Å². The number of furan rings is 1. The van der Waals surface area contributed by atoms with Crippen LogP contribution in [0.5, 0.6) is 11.5 Å². The van der Waals surface area contributed by atoms with E-state index in [0.29, 0.717) is 39.5 Å². The molecule has 4 aromatic rings. The van der Waals surface area contributed by atoms with Crippen LogP contribution < -0.4 is 20.9 Å². The van der Waals surface area contributed by atoms with Crippen molar-refractivity contribution in [2.45, 2.75) is 6.54 Å². The highest BCUT2D eigenvalue weighted by Crippen LogP contribution is 2.43. The van der Waals surface area contributed by atoms with Crippen LogP contribution in [0.25, 0.3) is 21.5 Å². The predicted molar refractivity (Wildman–Crippen MR) is 135 cm³/mol. The molecule has 6 rings (SSSR count). The number of carbonyl (C=O) groups is 1. The Hall–Kier alpha value is -4.27. The molecule has 0 saturated carbocycles. The Morgan fingerprint density at radius 3 is 2.69 bits per heavy atom. The first-order chi connectivity index (χ1) is 17.5. The zero-order valence-corrected chi connectivity index (χ0v) is 20.0. The number of anilines is 2. The lowest BCUT2D eigenvalue weighted by Gasteiger charge is -2.34. The van der Waals surface area contributed by atoms with Gasteiger partial charge in [-0.2, -0.15) is 5.26 Å². The summed E-state index contributed by atoms with van der Waals surface area (Å²) in [6.45, 7) is 3.61. The van der Waals surface area contributed by atoms with E-state index in [4.69, 9.17) is 25.4 Å². The van der Waals surface area contributed by atoms with Crippen molar-refractivity contribution in [3.8, 4) is 28.9 Å². The van der Waals surface area contributed by atoms with Gasteiger partial charge in [0.2, 0.25) is 6.79 Å². The molecule has 4 N–H and O–H groups in total. The lowest BCUT2D eigenvalue weighted by Crippen LogP contribution is -2.48. The molecule has 11 heteroatoms. The van der Waals surface area contributed by atoms with Crippen LogP contribution in [-0.4, -0.2) is 53.7 Å². The molecule has 0 aliphatic carbocycles. The average molecular weight is 503 g/mol. The first-order valence-electron chi connectivity index (χ1n) is 11.4. The van der Waals surface area contributed by atoms with E-state index < -0.39 is 0 Å². The van der Waals surface area contributed by atoms with Gasteiger partial charge in [0.15, 0.2) is 11.5 Å². The molecule has 182 valence electrons. The van der Waals surface area contributed by atoms with Crippen LogP contribution in [0.1, 0.15) is 20.8 Å². The maximum absolute atomic E-state index is 13.5. The maximum atomic E-state index is 13.5. The number of thiophene rings is 1. The Kier molecular flexibility index (Phi) is 5.40. The SMILES string of the molecule is N#Cc1c(N)nc2sc(C(=O)N3CCN(Cc4ccc5c(c4)OCO5)CC3)c(N)c2c1-c1ccco1. The highest BCUT2D eigenvalue weighted by molar-refractivity contribution is 7.21. The van der Waals surface area contributed by atoms with Gasteiger partial charge in [-0.15, -0.1) is 11.3 Å².